The molecule has 0 amide bonds. The van der Waals surface area contributed by atoms with Gasteiger partial charge in [0.1, 0.15) is 6.10 Å². The third-order valence-electron chi connectivity index (χ3n) is 2.24. The molecule has 0 aromatic carbocycles. The smallest absolute Gasteiger partial charge is 0.286 e. The van der Waals surface area contributed by atoms with Crippen molar-refractivity contribution in [2.24, 2.45) is 0 Å². The number of hydrogen-bond donors (Lipinski definition) is 0. The summed E-state index contributed by atoms with van der Waals surface area (Å²) in [7, 11) is 0. The second-order valence-corrected chi connectivity index (χ2v) is 3.06. The monoisotopic (exact) mass is 169 g/mol. The molecule has 1 aliphatic rings. The molecule has 1 heterocycles. The molecule has 68 valence electrons. The fourth-order valence-corrected chi connectivity index (χ4v) is 1.55. The van der Waals surface area contributed by atoms with Gasteiger partial charge in [0.15, 0.2) is 0 Å². The Hall–Kier alpha value is -0.750. The topological polar surface area (TPSA) is 42.2 Å². The minimum Gasteiger partial charge on any atom is -0.421 e. The summed E-state index contributed by atoms with van der Waals surface area (Å²) in [6.07, 6.45) is 6.05. The second-order valence-electron chi connectivity index (χ2n) is 3.06. The summed E-state index contributed by atoms with van der Waals surface area (Å²) in [4.78, 5) is 0. The van der Waals surface area contributed by atoms with Crippen LogP contribution in [0, 0.1) is 11.5 Å². The van der Waals surface area contributed by atoms with Gasteiger partial charge in [0.05, 0.1) is 6.10 Å². The highest BCUT2D eigenvalue weighted by atomic mass is 16.5. The van der Waals surface area contributed by atoms with Crippen LogP contribution in [0.1, 0.15) is 32.6 Å². The summed E-state index contributed by atoms with van der Waals surface area (Å²) < 4.78 is 10.4. The SMILES string of the molecule is CC[C@@H](OC#N)C1CCCCO1. The van der Waals surface area contributed by atoms with Crippen LogP contribution in [0.2, 0.25) is 0 Å². The van der Waals surface area contributed by atoms with Crippen LogP contribution in [0.15, 0.2) is 0 Å². The highest BCUT2D eigenvalue weighted by molar-refractivity contribution is 4.75. The maximum atomic E-state index is 8.37. The second kappa shape index (κ2) is 5.00. The maximum Gasteiger partial charge on any atom is 0.286 e. The average molecular weight is 169 g/mol. The van der Waals surface area contributed by atoms with Gasteiger partial charge in [-0.3, -0.25) is 0 Å². The van der Waals surface area contributed by atoms with Crippen molar-refractivity contribution in [2.75, 3.05) is 6.61 Å². The Balaban J connectivity index is 2.36. The number of nitrogens with zero attached hydrogens (tertiary/aromatic N) is 1. The normalized spacial score (nSPS) is 25.8. The van der Waals surface area contributed by atoms with Crippen LogP contribution in [0.5, 0.6) is 0 Å². The van der Waals surface area contributed by atoms with E-state index in [0.717, 1.165) is 25.9 Å². The van der Waals surface area contributed by atoms with Gasteiger partial charge in [-0.05, 0) is 25.7 Å². The molecule has 3 heteroatoms. The van der Waals surface area contributed by atoms with Gasteiger partial charge in [-0.1, -0.05) is 6.92 Å². The van der Waals surface area contributed by atoms with E-state index < -0.39 is 0 Å². The number of hydrogen-bond acceptors (Lipinski definition) is 3. The highest BCUT2D eigenvalue weighted by Gasteiger charge is 2.24. The van der Waals surface area contributed by atoms with Crippen molar-refractivity contribution < 1.29 is 9.47 Å². The van der Waals surface area contributed by atoms with Crippen LogP contribution in [0.3, 0.4) is 0 Å². The summed E-state index contributed by atoms with van der Waals surface area (Å²) in [6.45, 7) is 2.83. The molecule has 3 nitrogen and oxygen atoms in total. The molecule has 0 aromatic heterocycles. The molecule has 0 N–H and O–H groups in total. The van der Waals surface area contributed by atoms with Crippen molar-refractivity contribution in [3.05, 3.63) is 0 Å². The van der Waals surface area contributed by atoms with Gasteiger partial charge in [0.2, 0.25) is 0 Å². The first-order valence-corrected chi connectivity index (χ1v) is 4.54. The summed E-state index contributed by atoms with van der Waals surface area (Å²) in [5.41, 5.74) is 0. The molecule has 0 spiro atoms. The molecule has 0 aromatic rings. The molecule has 1 unspecified atom stereocenters. The molecule has 12 heavy (non-hydrogen) atoms. The molecule has 1 aliphatic heterocycles. The van der Waals surface area contributed by atoms with Gasteiger partial charge in [0, 0.05) is 6.61 Å². The lowest BCUT2D eigenvalue weighted by atomic mass is 10.0. The van der Waals surface area contributed by atoms with Crippen LogP contribution in [0.4, 0.5) is 0 Å². The van der Waals surface area contributed by atoms with E-state index >= 15 is 0 Å². The standard InChI is InChI=1S/C9H15NO2/c1-2-8(12-7-10)9-5-3-4-6-11-9/h8-9H,2-6H2,1H3/t8-,9?/m1/s1. The van der Waals surface area contributed by atoms with E-state index in [9.17, 15) is 0 Å². The third kappa shape index (κ3) is 2.38. The lowest BCUT2D eigenvalue weighted by Gasteiger charge is -2.27. The minimum atomic E-state index is -0.0321. The minimum absolute atomic E-state index is 0.0321. The molecule has 1 fully saturated rings. The number of nitriles is 1. The molecule has 2 atom stereocenters. The van der Waals surface area contributed by atoms with Crippen molar-refractivity contribution in [3.8, 4) is 6.26 Å². The zero-order valence-corrected chi connectivity index (χ0v) is 7.45. The average Bonchev–Trinajstić information content (AvgIpc) is 2.15. The molecule has 0 saturated carbocycles. The van der Waals surface area contributed by atoms with E-state index in [1.807, 2.05) is 6.92 Å². The maximum absolute atomic E-state index is 8.37. The van der Waals surface area contributed by atoms with Crippen LogP contribution in [0.25, 0.3) is 0 Å². The first kappa shape index (κ1) is 9.34. The Kier molecular flexibility index (Phi) is 3.89. The number of rotatable bonds is 3. The lowest BCUT2D eigenvalue weighted by molar-refractivity contribution is -0.0631. The van der Waals surface area contributed by atoms with Crippen molar-refractivity contribution in [3.63, 3.8) is 0 Å². The van der Waals surface area contributed by atoms with Crippen LogP contribution < -0.4 is 0 Å². The van der Waals surface area contributed by atoms with Gasteiger partial charge >= 0.3 is 0 Å². The zero-order chi connectivity index (χ0) is 8.81. The Morgan fingerprint density at radius 3 is 3.00 bits per heavy atom. The van der Waals surface area contributed by atoms with E-state index in [1.54, 1.807) is 6.26 Å². The Morgan fingerprint density at radius 2 is 2.50 bits per heavy atom. The van der Waals surface area contributed by atoms with Gasteiger partial charge < -0.3 is 9.47 Å². The lowest BCUT2D eigenvalue weighted by Crippen LogP contribution is -2.32. The fraction of sp³-hybridized carbons (Fsp3) is 0.889. The van der Waals surface area contributed by atoms with Crippen LogP contribution in [-0.4, -0.2) is 18.8 Å². The Labute approximate surface area is 73.3 Å². The van der Waals surface area contributed by atoms with Crippen LogP contribution >= 0.6 is 0 Å². The fourth-order valence-electron chi connectivity index (χ4n) is 1.55. The predicted molar refractivity (Wildman–Crippen MR) is 44.4 cm³/mol. The summed E-state index contributed by atoms with van der Waals surface area (Å²) in [5, 5.41) is 8.37. The Morgan fingerprint density at radius 1 is 1.67 bits per heavy atom. The summed E-state index contributed by atoms with van der Waals surface area (Å²) in [6, 6.07) is 0. The summed E-state index contributed by atoms with van der Waals surface area (Å²) in [5.74, 6) is 0. The zero-order valence-electron chi connectivity index (χ0n) is 7.45. The quantitative estimate of drug-likeness (QED) is 0.605. The van der Waals surface area contributed by atoms with E-state index in [2.05, 4.69) is 0 Å². The van der Waals surface area contributed by atoms with Gasteiger partial charge in [-0.2, -0.15) is 5.26 Å². The van der Waals surface area contributed by atoms with E-state index in [0.29, 0.717) is 0 Å². The molecule has 1 rings (SSSR count). The molecule has 1 saturated heterocycles. The first-order valence-electron chi connectivity index (χ1n) is 4.54. The van der Waals surface area contributed by atoms with Gasteiger partial charge in [-0.15, -0.1) is 0 Å². The van der Waals surface area contributed by atoms with E-state index in [4.69, 9.17) is 14.7 Å². The molecular formula is C9H15NO2. The van der Waals surface area contributed by atoms with Crippen molar-refractivity contribution >= 4 is 0 Å². The van der Waals surface area contributed by atoms with E-state index in [-0.39, 0.29) is 12.2 Å². The predicted octanol–water partition coefficient (Wildman–Crippen LogP) is 1.83. The molecule has 0 radical (unpaired) electrons. The largest absolute Gasteiger partial charge is 0.421 e. The molecule has 0 bridgehead atoms. The third-order valence-corrected chi connectivity index (χ3v) is 2.24. The number of ether oxygens (including phenoxy) is 2. The van der Waals surface area contributed by atoms with Crippen molar-refractivity contribution in [1.29, 1.82) is 5.26 Å². The van der Waals surface area contributed by atoms with Crippen molar-refractivity contribution in [2.45, 2.75) is 44.8 Å². The van der Waals surface area contributed by atoms with Gasteiger partial charge in [0.25, 0.3) is 6.26 Å². The van der Waals surface area contributed by atoms with Crippen LogP contribution in [-0.2, 0) is 9.47 Å². The van der Waals surface area contributed by atoms with E-state index in [1.165, 1.54) is 6.42 Å². The Bertz CT molecular complexity index is 158. The van der Waals surface area contributed by atoms with Crippen molar-refractivity contribution in [1.82, 2.24) is 0 Å². The first-order chi connectivity index (χ1) is 5.88. The van der Waals surface area contributed by atoms with Gasteiger partial charge in [-0.25, -0.2) is 0 Å². The highest BCUT2D eigenvalue weighted by Crippen LogP contribution is 2.19. The molecule has 0 aliphatic carbocycles. The summed E-state index contributed by atoms with van der Waals surface area (Å²) >= 11 is 0. The molecular weight excluding hydrogens is 154 g/mol.